The minimum atomic E-state index is -0.366. The predicted molar refractivity (Wildman–Crippen MR) is 128 cm³/mol. The number of hydrogen-bond donors (Lipinski definition) is 2. The fourth-order valence-corrected chi connectivity index (χ4v) is 4.04. The number of halogens is 1. The number of hydrogen-bond acceptors (Lipinski definition) is 5. The van der Waals surface area contributed by atoms with E-state index in [2.05, 4.69) is 15.4 Å². The van der Waals surface area contributed by atoms with Gasteiger partial charge in [-0.15, -0.1) is 0 Å². The predicted octanol–water partition coefficient (Wildman–Crippen LogP) is 2.94. The summed E-state index contributed by atoms with van der Waals surface area (Å²) in [6.45, 7) is 4.67. The second kappa shape index (κ2) is 10.0. The lowest BCUT2D eigenvalue weighted by Crippen LogP contribution is -2.20. The van der Waals surface area contributed by atoms with E-state index >= 15 is 0 Å². The highest BCUT2D eigenvalue weighted by atomic mass is 19.1. The monoisotopic (exact) mass is 464 g/mol. The molecule has 0 radical (unpaired) electrons. The molecule has 9 heteroatoms. The molecule has 0 saturated carbocycles. The van der Waals surface area contributed by atoms with Crippen LogP contribution in [0.15, 0.2) is 42.7 Å². The number of nitrogens with zero attached hydrogens (tertiary/aromatic N) is 4. The number of carbonyl (C=O) groups is 1. The van der Waals surface area contributed by atoms with Crippen molar-refractivity contribution in [2.45, 2.75) is 33.2 Å². The van der Waals surface area contributed by atoms with E-state index in [0.717, 1.165) is 39.4 Å². The number of aromatic nitrogens is 4. The zero-order valence-corrected chi connectivity index (χ0v) is 19.6. The minimum absolute atomic E-state index is 0.112. The molecule has 178 valence electrons. The second-order valence-electron chi connectivity index (χ2n) is 8.22. The van der Waals surface area contributed by atoms with Crippen molar-refractivity contribution in [3.63, 3.8) is 0 Å². The fourth-order valence-electron chi connectivity index (χ4n) is 4.04. The van der Waals surface area contributed by atoms with Crippen LogP contribution in [-0.2, 0) is 31.2 Å². The van der Waals surface area contributed by atoms with Crippen LogP contribution in [0.5, 0.6) is 5.75 Å². The van der Waals surface area contributed by atoms with Crippen LogP contribution in [0.3, 0.4) is 0 Å². The molecular formula is C25H29FN6O2. The van der Waals surface area contributed by atoms with Gasteiger partial charge in [-0.1, -0.05) is 0 Å². The van der Waals surface area contributed by atoms with Gasteiger partial charge in [-0.3, -0.25) is 9.48 Å². The molecule has 0 aliphatic heterocycles. The Balaban J connectivity index is 1.57. The molecule has 3 N–H and O–H groups in total. The molecule has 4 aromatic rings. The van der Waals surface area contributed by atoms with Crippen LogP contribution in [0, 0.1) is 12.7 Å². The summed E-state index contributed by atoms with van der Waals surface area (Å²) in [6, 6.07) is 8.44. The first kappa shape index (κ1) is 23.4. The molecule has 0 spiro atoms. The molecule has 0 aliphatic rings. The van der Waals surface area contributed by atoms with Crippen LogP contribution < -0.4 is 15.8 Å². The third-order valence-electron chi connectivity index (χ3n) is 5.89. The number of carbonyl (C=O) groups excluding carboxylic acids is 1. The summed E-state index contributed by atoms with van der Waals surface area (Å²) in [7, 11) is 1.87. The molecule has 3 heterocycles. The van der Waals surface area contributed by atoms with Crippen molar-refractivity contribution in [3.8, 4) is 16.9 Å². The number of pyridine rings is 1. The molecule has 0 aliphatic carbocycles. The van der Waals surface area contributed by atoms with E-state index in [4.69, 9.17) is 10.5 Å². The molecule has 4 rings (SSSR count). The Hall–Kier alpha value is -3.72. The summed E-state index contributed by atoms with van der Waals surface area (Å²) < 4.78 is 24.0. The molecule has 0 fully saturated rings. The lowest BCUT2D eigenvalue weighted by molar-refractivity contribution is -0.119. The Bertz CT molecular complexity index is 1330. The number of nitrogens with one attached hydrogen (secondary N) is 1. The molecule has 1 amide bonds. The van der Waals surface area contributed by atoms with Gasteiger partial charge in [-0.2, -0.15) is 5.10 Å². The number of ether oxygens (including phenoxy) is 1. The molecule has 0 atom stereocenters. The summed E-state index contributed by atoms with van der Waals surface area (Å²) in [6.07, 6.45) is 5.08. The Morgan fingerprint density at radius 3 is 2.82 bits per heavy atom. The summed E-state index contributed by atoms with van der Waals surface area (Å²) in [4.78, 5) is 15.7. The quantitative estimate of drug-likeness (QED) is 0.397. The molecule has 0 unspecified atom stereocenters. The van der Waals surface area contributed by atoms with Crippen molar-refractivity contribution >= 4 is 11.6 Å². The van der Waals surface area contributed by atoms with Crippen LogP contribution in [0.1, 0.15) is 29.6 Å². The number of nitrogens with two attached hydrogens (primary N) is 1. The van der Waals surface area contributed by atoms with Gasteiger partial charge in [0.1, 0.15) is 17.2 Å². The lowest BCUT2D eigenvalue weighted by Gasteiger charge is -2.13. The third kappa shape index (κ3) is 4.94. The highest BCUT2D eigenvalue weighted by molar-refractivity contribution is 5.73. The average Bonchev–Trinajstić information content (AvgIpc) is 3.33. The summed E-state index contributed by atoms with van der Waals surface area (Å²) in [5, 5.41) is 7.30. The molecule has 0 bridgehead atoms. The van der Waals surface area contributed by atoms with Gasteiger partial charge in [0.2, 0.25) is 5.91 Å². The Kier molecular flexibility index (Phi) is 6.93. The maximum absolute atomic E-state index is 14.1. The van der Waals surface area contributed by atoms with Crippen molar-refractivity contribution in [1.82, 2.24) is 24.5 Å². The largest absolute Gasteiger partial charge is 0.492 e. The Labute approximate surface area is 197 Å². The van der Waals surface area contributed by atoms with Crippen molar-refractivity contribution in [2.24, 2.45) is 12.8 Å². The summed E-state index contributed by atoms with van der Waals surface area (Å²) >= 11 is 0. The van der Waals surface area contributed by atoms with Gasteiger partial charge in [0, 0.05) is 73.4 Å². The lowest BCUT2D eigenvalue weighted by atomic mass is 10.1. The number of imidazole rings is 1. The number of fused-ring (bicyclic) bond motifs is 1. The van der Waals surface area contributed by atoms with E-state index in [-0.39, 0.29) is 11.7 Å². The molecule has 8 nitrogen and oxygen atoms in total. The van der Waals surface area contributed by atoms with Gasteiger partial charge in [0.25, 0.3) is 0 Å². The fraction of sp³-hybridized carbons (Fsp3) is 0.320. The summed E-state index contributed by atoms with van der Waals surface area (Å²) in [5.41, 5.74) is 12.1. The van der Waals surface area contributed by atoms with E-state index in [1.54, 1.807) is 10.7 Å². The van der Waals surface area contributed by atoms with Crippen LogP contribution in [0.25, 0.3) is 16.8 Å². The standard InChI is InChI=1S/C25H29FN6O2/c1-16-21(23(30-31(16)3)14-28-17(2)33)9-11-34-24-12-19(26)5-6-22(24)18-4-7-25-29-13-20(8-10-27)32(25)15-18/h4-7,12-13,15H,8-11,14,27H2,1-3H3,(H,28,33). The van der Waals surface area contributed by atoms with Gasteiger partial charge in [0.15, 0.2) is 0 Å². The van der Waals surface area contributed by atoms with Crippen LogP contribution >= 0.6 is 0 Å². The molecule has 34 heavy (non-hydrogen) atoms. The first-order chi connectivity index (χ1) is 16.4. The topological polar surface area (TPSA) is 99.5 Å². The zero-order chi connectivity index (χ0) is 24.2. The first-order valence-electron chi connectivity index (χ1n) is 11.2. The van der Waals surface area contributed by atoms with Crippen LogP contribution in [0.2, 0.25) is 0 Å². The van der Waals surface area contributed by atoms with E-state index in [9.17, 15) is 9.18 Å². The van der Waals surface area contributed by atoms with Crippen molar-refractivity contribution in [3.05, 3.63) is 71.2 Å². The highest BCUT2D eigenvalue weighted by Gasteiger charge is 2.15. The highest BCUT2D eigenvalue weighted by Crippen LogP contribution is 2.31. The van der Waals surface area contributed by atoms with Crippen LogP contribution in [-0.4, -0.2) is 38.2 Å². The van der Waals surface area contributed by atoms with E-state index in [1.807, 2.05) is 42.9 Å². The molecule has 0 saturated heterocycles. The van der Waals surface area contributed by atoms with Gasteiger partial charge >= 0.3 is 0 Å². The average molecular weight is 465 g/mol. The van der Waals surface area contributed by atoms with E-state index < -0.39 is 0 Å². The van der Waals surface area contributed by atoms with Gasteiger partial charge < -0.3 is 20.2 Å². The molecule has 3 aromatic heterocycles. The number of rotatable bonds is 9. The van der Waals surface area contributed by atoms with Crippen molar-refractivity contribution in [2.75, 3.05) is 13.2 Å². The minimum Gasteiger partial charge on any atom is -0.492 e. The molecule has 1 aromatic carbocycles. The number of amides is 1. The molecular weight excluding hydrogens is 435 g/mol. The third-order valence-corrected chi connectivity index (χ3v) is 5.89. The van der Waals surface area contributed by atoms with Crippen molar-refractivity contribution in [1.29, 1.82) is 0 Å². The maximum atomic E-state index is 14.1. The Morgan fingerprint density at radius 1 is 1.24 bits per heavy atom. The van der Waals surface area contributed by atoms with Gasteiger partial charge in [0.05, 0.1) is 18.8 Å². The van der Waals surface area contributed by atoms with Gasteiger partial charge in [-0.05, 0) is 37.7 Å². The zero-order valence-electron chi connectivity index (χ0n) is 19.6. The SMILES string of the molecule is CC(=O)NCc1nn(C)c(C)c1CCOc1cc(F)ccc1-c1ccc2ncc(CCN)n2c1. The van der Waals surface area contributed by atoms with Gasteiger partial charge in [-0.25, -0.2) is 9.37 Å². The number of aryl methyl sites for hydroxylation is 1. The normalized spacial score (nSPS) is 11.2. The Morgan fingerprint density at radius 2 is 2.06 bits per heavy atom. The summed E-state index contributed by atoms with van der Waals surface area (Å²) in [5.74, 6) is -0.0145. The first-order valence-corrected chi connectivity index (χ1v) is 11.2. The van der Waals surface area contributed by atoms with E-state index in [0.29, 0.717) is 38.3 Å². The second-order valence-corrected chi connectivity index (χ2v) is 8.22. The van der Waals surface area contributed by atoms with Crippen molar-refractivity contribution < 1.29 is 13.9 Å². The maximum Gasteiger partial charge on any atom is 0.217 e. The van der Waals surface area contributed by atoms with Crippen LogP contribution in [0.4, 0.5) is 4.39 Å². The number of benzene rings is 1. The smallest absolute Gasteiger partial charge is 0.217 e. The van der Waals surface area contributed by atoms with E-state index in [1.165, 1.54) is 19.1 Å².